The lowest BCUT2D eigenvalue weighted by Crippen LogP contribution is -2.38. The van der Waals surface area contributed by atoms with Crippen molar-refractivity contribution in [1.29, 1.82) is 0 Å². The summed E-state index contributed by atoms with van der Waals surface area (Å²) in [7, 11) is 0. The maximum absolute atomic E-state index is 11.6. The maximum Gasteiger partial charge on any atom is 0.319 e. The molecule has 0 fully saturated rings. The van der Waals surface area contributed by atoms with E-state index >= 15 is 0 Å². The standard InChI is InChI=1S/C13H21N3O2/c1-3-18-9-10(2)15-13(17)16-12-6-4-11(8-14)5-7-12/h4-7,10H,3,8-9,14H2,1-2H3,(H2,15,16,17). The molecule has 1 aromatic rings. The summed E-state index contributed by atoms with van der Waals surface area (Å²) < 4.78 is 5.22. The van der Waals surface area contributed by atoms with Gasteiger partial charge in [-0.1, -0.05) is 12.1 Å². The Hall–Kier alpha value is -1.59. The van der Waals surface area contributed by atoms with E-state index in [0.717, 1.165) is 11.3 Å². The normalized spacial score (nSPS) is 11.9. The van der Waals surface area contributed by atoms with Gasteiger partial charge in [0.05, 0.1) is 12.6 Å². The first-order valence-corrected chi connectivity index (χ1v) is 6.10. The molecule has 4 N–H and O–H groups in total. The van der Waals surface area contributed by atoms with Crippen molar-refractivity contribution in [2.45, 2.75) is 26.4 Å². The summed E-state index contributed by atoms with van der Waals surface area (Å²) >= 11 is 0. The minimum Gasteiger partial charge on any atom is -0.380 e. The Kier molecular flexibility index (Phi) is 6.18. The Morgan fingerprint density at radius 3 is 2.61 bits per heavy atom. The van der Waals surface area contributed by atoms with Crippen molar-refractivity contribution in [3.8, 4) is 0 Å². The first kappa shape index (κ1) is 14.5. The molecule has 0 radical (unpaired) electrons. The fraction of sp³-hybridized carbons (Fsp3) is 0.462. The van der Waals surface area contributed by atoms with Crippen molar-refractivity contribution in [3.63, 3.8) is 0 Å². The maximum atomic E-state index is 11.6. The molecule has 0 aliphatic rings. The smallest absolute Gasteiger partial charge is 0.319 e. The predicted molar refractivity (Wildman–Crippen MR) is 72.4 cm³/mol. The number of rotatable bonds is 6. The number of benzene rings is 1. The molecular formula is C13H21N3O2. The van der Waals surface area contributed by atoms with Gasteiger partial charge < -0.3 is 21.1 Å². The van der Waals surface area contributed by atoms with Crippen molar-refractivity contribution in [2.75, 3.05) is 18.5 Å². The Balaban J connectivity index is 2.39. The van der Waals surface area contributed by atoms with Crippen LogP contribution in [0.1, 0.15) is 19.4 Å². The number of hydrogen-bond acceptors (Lipinski definition) is 3. The van der Waals surface area contributed by atoms with Gasteiger partial charge in [0.15, 0.2) is 0 Å². The minimum atomic E-state index is -0.234. The van der Waals surface area contributed by atoms with E-state index in [1.165, 1.54) is 0 Å². The molecule has 18 heavy (non-hydrogen) atoms. The summed E-state index contributed by atoms with van der Waals surface area (Å²) in [6.45, 7) is 5.47. The van der Waals surface area contributed by atoms with Gasteiger partial charge in [0.1, 0.15) is 0 Å². The van der Waals surface area contributed by atoms with Crippen LogP contribution in [0.5, 0.6) is 0 Å². The highest BCUT2D eigenvalue weighted by Gasteiger charge is 2.06. The van der Waals surface area contributed by atoms with Crippen LogP contribution in [0.4, 0.5) is 10.5 Å². The molecule has 5 nitrogen and oxygen atoms in total. The number of hydrogen-bond donors (Lipinski definition) is 3. The van der Waals surface area contributed by atoms with Crippen LogP contribution in [0.3, 0.4) is 0 Å². The molecule has 0 bridgehead atoms. The SMILES string of the molecule is CCOCC(C)NC(=O)Nc1ccc(CN)cc1. The van der Waals surface area contributed by atoms with Crippen molar-refractivity contribution >= 4 is 11.7 Å². The summed E-state index contributed by atoms with van der Waals surface area (Å²) in [6, 6.07) is 7.18. The summed E-state index contributed by atoms with van der Waals surface area (Å²) in [4.78, 5) is 11.6. The number of ether oxygens (including phenoxy) is 1. The fourth-order valence-corrected chi connectivity index (χ4v) is 1.45. The zero-order valence-corrected chi connectivity index (χ0v) is 10.9. The zero-order chi connectivity index (χ0) is 13.4. The molecule has 1 atom stereocenters. The van der Waals surface area contributed by atoms with Gasteiger partial charge in [-0.2, -0.15) is 0 Å². The molecule has 1 aromatic carbocycles. The van der Waals surface area contributed by atoms with Crippen molar-refractivity contribution in [2.24, 2.45) is 5.73 Å². The molecular weight excluding hydrogens is 230 g/mol. The van der Waals surface area contributed by atoms with Gasteiger partial charge >= 0.3 is 6.03 Å². The second-order valence-electron chi connectivity index (χ2n) is 4.06. The van der Waals surface area contributed by atoms with E-state index in [2.05, 4.69) is 10.6 Å². The third-order valence-corrected chi connectivity index (χ3v) is 2.40. The summed E-state index contributed by atoms with van der Waals surface area (Å²) in [5.41, 5.74) is 7.28. The molecule has 0 aliphatic heterocycles. The highest BCUT2D eigenvalue weighted by Crippen LogP contribution is 2.08. The number of anilines is 1. The van der Waals surface area contributed by atoms with E-state index < -0.39 is 0 Å². The monoisotopic (exact) mass is 251 g/mol. The lowest BCUT2D eigenvalue weighted by atomic mass is 10.2. The van der Waals surface area contributed by atoms with Gasteiger partial charge in [-0.05, 0) is 31.5 Å². The lowest BCUT2D eigenvalue weighted by molar-refractivity contribution is 0.129. The fourth-order valence-electron chi connectivity index (χ4n) is 1.45. The van der Waals surface area contributed by atoms with Crippen LogP contribution in [0.2, 0.25) is 0 Å². The average Bonchev–Trinajstić information content (AvgIpc) is 2.37. The number of carbonyl (C=O) groups excluding carboxylic acids is 1. The molecule has 0 aliphatic carbocycles. The quantitative estimate of drug-likeness (QED) is 0.720. The van der Waals surface area contributed by atoms with E-state index in [1.807, 2.05) is 38.1 Å². The van der Waals surface area contributed by atoms with Crippen molar-refractivity contribution in [3.05, 3.63) is 29.8 Å². The van der Waals surface area contributed by atoms with E-state index in [1.54, 1.807) is 0 Å². The number of nitrogens with two attached hydrogens (primary N) is 1. The zero-order valence-electron chi connectivity index (χ0n) is 10.9. The van der Waals surface area contributed by atoms with Gasteiger partial charge in [-0.25, -0.2) is 4.79 Å². The first-order valence-electron chi connectivity index (χ1n) is 6.10. The highest BCUT2D eigenvalue weighted by atomic mass is 16.5. The second kappa shape index (κ2) is 7.68. The molecule has 1 rings (SSSR count). The van der Waals surface area contributed by atoms with E-state index in [9.17, 15) is 4.79 Å². The van der Waals surface area contributed by atoms with Crippen LogP contribution in [-0.2, 0) is 11.3 Å². The van der Waals surface area contributed by atoms with Crippen LogP contribution >= 0.6 is 0 Å². The van der Waals surface area contributed by atoms with Gasteiger partial charge in [0.2, 0.25) is 0 Å². The molecule has 100 valence electrons. The number of nitrogens with one attached hydrogen (secondary N) is 2. The molecule has 0 saturated heterocycles. The third kappa shape index (κ3) is 5.16. The Morgan fingerprint density at radius 2 is 2.06 bits per heavy atom. The van der Waals surface area contributed by atoms with Crippen LogP contribution in [-0.4, -0.2) is 25.3 Å². The van der Waals surface area contributed by atoms with Gasteiger partial charge in [-0.3, -0.25) is 0 Å². The Morgan fingerprint density at radius 1 is 1.39 bits per heavy atom. The lowest BCUT2D eigenvalue weighted by Gasteiger charge is -2.14. The van der Waals surface area contributed by atoms with E-state index in [4.69, 9.17) is 10.5 Å². The van der Waals surface area contributed by atoms with Gasteiger partial charge in [0, 0.05) is 18.8 Å². The largest absolute Gasteiger partial charge is 0.380 e. The van der Waals surface area contributed by atoms with Crippen molar-refractivity contribution < 1.29 is 9.53 Å². The minimum absolute atomic E-state index is 0.0201. The second-order valence-corrected chi connectivity index (χ2v) is 4.06. The molecule has 0 aromatic heterocycles. The van der Waals surface area contributed by atoms with Crippen LogP contribution in [0, 0.1) is 0 Å². The summed E-state index contributed by atoms with van der Waals surface area (Å²) in [5.74, 6) is 0. The molecule has 5 heteroatoms. The molecule has 0 heterocycles. The molecule has 2 amide bonds. The first-order chi connectivity index (χ1) is 8.65. The summed E-state index contributed by atoms with van der Waals surface area (Å²) in [5, 5.41) is 5.55. The van der Waals surface area contributed by atoms with Gasteiger partial charge in [-0.15, -0.1) is 0 Å². The predicted octanol–water partition coefficient (Wildman–Crippen LogP) is 1.69. The van der Waals surface area contributed by atoms with Crippen molar-refractivity contribution in [1.82, 2.24) is 5.32 Å². The van der Waals surface area contributed by atoms with Crippen LogP contribution in [0.25, 0.3) is 0 Å². The number of amides is 2. The van der Waals surface area contributed by atoms with Crippen LogP contribution < -0.4 is 16.4 Å². The Labute approximate surface area is 108 Å². The van der Waals surface area contributed by atoms with E-state index in [0.29, 0.717) is 19.8 Å². The van der Waals surface area contributed by atoms with Gasteiger partial charge in [0.25, 0.3) is 0 Å². The third-order valence-electron chi connectivity index (χ3n) is 2.40. The topological polar surface area (TPSA) is 76.4 Å². The Bertz CT molecular complexity index is 365. The summed E-state index contributed by atoms with van der Waals surface area (Å²) in [6.07, 6.45) is 0. The average molecular weight is 251 g/mol. The highest BCUT2D eigenvalue weighted by molar-refractivity contribution is 5.89. The molecule has 0 spiro atoms. The van der Waals surface area contributed by atoms with Crippen LogP contribution in [0.15, 0.2) is 24.3 Å². The molecule has 1 unspecified atom stereocenters. The van der Waals surface area contributed by atoms with E-state index in [-0.39, 0.29) is 12.1 Å². The molecule has 0 saturated carbocycles. The number of carbonyl (C=O) groups is 1. The number of urea groups is 1.